The second-order valence-electron chi connectivity index (χ2n) is 9.41. The number of rotatable bonds is 11. The van der Waals surface area contributed by atoms with Crippen LogP contribution in [0.3, 0.4) is 0 Å². The van der Waals surface area contributed by atoms with Gasteiger partial charge in [0, 0.05) is 18.3 Å². The first-order chi connectivity index (χ1) is 17.7. The van der Waals surface area contributed by atoms with E-state index in [-0.39, 0.29) is 29.6 Å². The van der Waals surface area contributed by atoms with Crippen LogP contribution < -0.4 is 9.47 Å². The lowest BCUT2D eigenvalue weighted by atomic mass is 9.85. The van der Waals surface area contributed by atoms with Crippen LogP contribution in [-0.2, 0) is 20.3 Å². The van der Waals surface area contributed by atoms with Crippen molar-refractivity contribution < 1.29 is 22.6 Å². The van der Waals surface area contributed by atoms with Crippen molar-refractivity contribution in [1.82, 2.24) is 34.7 Å². The number of aromatic nitrogens is 7. The average molecular weight is 532 g/mol. The van der Waals surface area contributed by atoms with Gasteiger partial charge < -0.3 is 14.2 Å². The van der Waals surface area contributed by atoms with Crippen molar-refractivity contribution in [3.63, 3.8) is 0 Å². The first kappa shape index (κ1) is 26.9. The number of hydrogen-bond acceptors (Lipinski definition) is 11. The van der Waals surface area contributed by atoms with E-state index < -0.39 is 26.9 Å². The summed E-state index contributed by atoms with van der Waals surface area (Å²) < 4.78 is 46.3. The van der Waals surface area contributed by atoms with E-state index in [1.165, 1.54) is 20.5 Å². The van der Waals surface area contributed by atoms with E-state index in [9.17, 15) is 8.42 Å². The minimum atomic E-state index is -3.84. The van der Waals surface area contributed by atoms with Crippen LogP contribution in [0, 0.1) is 6.92 Å². The highest BCUT2D eigenvalue weighted by molar-refractivity contribution is 7.91. The number of methoxy groups -OCH3 is 2. The first-order valence-corrected chi connectivity index (χ1v) is 13.9. The smallest absolute Gasteiger partial charge is 0.245 e. The lowest BCUT2D eigenvalue weighted by Gasteiger charge is -2.27. The monoisotopic (exact) mass is 531 g/mol. The number of aryl methyl sites for hydroxylation is 1. The van der Waals surface area contributed by atoms with Crippen LogP contribution in [0.5, 0.6) is 11.8 Å². The summed E-state index contributed by atoms with van der Waals surface area (Å²) in [6.07, 6.45) is 6.42. The molecule has 3 heterocycles. The van der Waals surface area contributed by atoms with Gasteiger partial charge in [-0.3, -0.25) is 4.57 Å². The summed E-state index contributed by atoms with van der Waals surface area (Å²) >= 11 is 0. The molecule has 0 saturated heterocycles. The molecule has 12 nitrogen and oxygen atoms in total. The molecule has 0 radical (unpaired) electrons. The van der Waals surface area contributed by atoms with E-state index in [1.807, 2.05) is 20.8 Å². The average Bonchev–Trinajstić information content (AvgIpc) is 3.22. The van der Waals surface area contributed by atoms with E-state index in [2.05, 4.69) is 30.1 Å². The van der Waals surface area contributed by atoms with Crippen LogP contribution in [0.25, 0.3) is 5.69 Å². The summed E-state index contributed by atoms with van der Waals surface area (Å²) in [7, 11) is -0.880. The van der Waals surface area contributed by atoms with Crippen molar-refractivity contribution in [2.45, 2.75) is 76.1 Å². The topological polar surface area (TPSA) is 144 Å². The molecule has 2 atom stereocenters. The zero-order chi connectivity index (χ0) is 26.7. The van der Waals surface area contributed by atoms with Crippen molar-refractivity contribution in [3.05, 3.63) is 41.8 Å². The normalized spacial score (nSPS) is 15.9. The fourth-order valence-corrected chi connectivity index (χ4v) is 5.53. The maximum absolute atomic E-state index is 13.8. The zero-order valence-corrected chi connectivity index (χ0v) is 22.8. The molecule has 0 amide bonds. The molecule has 0 unspecified atom stereocenters. The minimum Gasteiger partial charge on any atom is -0.479 e. The van der Waals surface area contributed by atoms with Gasteiger partial charge >= 0.3 is 0 Å². The summed E-state index contributed by atoms with van der Waals surface area (Å²) in [5, 5.41) is 7.74. The highest BCUT2D eigenvalue weighted by Crippen LogP contribution is 2.40. The van der Waals surface area contributed by atoms with E-state index in [0.29, 0.717) is 17.3 Å². The quantitative estimate of drug-likeness (QED) is 0.360. The molecule has 3 aromatic heterocycles. The van der Waals surface area contributed by atoms with Crippen LogP contribution in [0.2, 0.25) is 0 Å². The lowest BCUT2D eigenvalue weighted by molar-refractivity contribution is 0.00141. The molecular weight excluding hydrogens is 498 g/mol. The molecule has 0 spiro atoms. The lowest BCUT2D eigenvalue weighted by Crippen LogP contribution is -2.32. The number of ether oxygens (including phenoxy) is 3. The number of nitrogens with zero attached hydrogens (tertiary/aromatic N) is 7. The largest absolute Gasteiger partial charge is 0.479 e. The van der Waals surface area contributed by atoms with Gasteiger partial charge in [0.25, 0.3) is 0 Å². The third kappa shape index (κ3) is 5.57. The van der Waals surface area contributed by atoms with Gasteiger partial charge in [-0.25, -0.2) is 18.4 Å². The predicted molar refractivity (Wildman–Crippen MR) is 134 cm³/mol. The molecule has 1 saturated carbocycles. The van der Waals surface area contributed by atoms with Crippen LogP contribution in [-0.4, -0.2) is 68.7 Å². The molecule has 1 aliphatic rings. The molecule has 37 heavy (non-hydrogen) atoms. The summed E-state index contributed by atoms with van der Waals surface area (Å²) in [5.41, 5.74) is 1.24. The van der Waals surface area contributed by atoms with Crippen molar-refractivity contribution in [2.24, 2.45) is 0 Å². The summed E-state index contributed by atoms with van der Waals surface area (Å²) in [6.45, 7) is 7.16. The molecule has 0 N–H and O–H groups in total. The SMILES string of the molecule is COc1ncnc(OC)c1-n1c(CS(=O)(=O)[C@@H](C)[C@@H](OC(C)C)c2ncc(C)cn2)nnc1C1CCC1. The van der Waals surface area contributed by atoms with E-state index in [4.69, 9.17) is 14.2 Å². The van der Waals surface area contributed by atoms with Crippen molar-refractivity contribution in [3.8, 4) is 17.4 Å². The Hall–Kier alpha value is -3.19. The third-order valence-corrected chi connectivity index (χ3v) is 8.43. The molecule has 200 valence electrons. The molecular formula is C24H33N7O5S. The maximum atomic E-state index is 13.8. The Bertz CT molecular complexity index is 1300. The summed E-state index contributed by atoms with van der Waals surface area (Å²) in [6, 6.07) is 0. The standard InChI is InChI=1S/C24H33N7O5S/c1-14(2)36-20(21-25-10-15(3)11-26-21)16(4)37(32,33)12-18-29-30-22(17-8-7-9-17)31(18)19-23(34-5)27-13-28-24(19)35-6/h10-11,13-14,16-17,20H,7-9,12H2,1-6H3/t16-,20+/m0/s1. The maximum Gasteiger partial charge on any atom is 0.245 e. The van der Waals surface area contributed by atoms with Crippen molar-refractivity contribution >= 4 is 9.84 Å². The Balaban J connectivity index is 1.77. The summed E-state index contributed by atoms with van der Waals surface area (Å²) in [5.74, 6) is 1.35. The molecule has 0 bridgehead atoms. The highest BCUT2D eigenvalue weighted by atomic mass is 32.2. The van der Waals surface area contributed by atoms with Gasteiger partial charge in [0.2, 0.25) is 11.8 Å². The van der Waals surface area contributed by atoms with Crippen molar-refractivity contribution in [1.29, 1.82) is 0 Å². The zero-order valence-electron chi connectivity index (χ0n) is 21.9. The van der Waals surface area contributed by atoms with E-state index >= 15 is 0 Å². The van der Waals surface area contributed by atoms with Gasteiger partial charge in [-0.2, -0.15) is 9.97 Å². The van der Waals surface area contributed by atoms with Gasteiger partial charge in [-0.05, 0) is 46.1 Å². The molecule has 4 rings (SSSR count). The minimum absolute atomic E-state index is 0.133. The van der Waals surface area contributed by atoms with Crippen LogP contribution in [0.1, 0.15) is 75.1 Å². The van der Waals surface area contributed by atoms with Gasteiger partial charge in [-0.1, -0.05) is 6.42 Å². The van der Waals surface area contributed by atoms with Gasteiger partial charge in [-0.15, -0.1) is 10.2 Å². The van der Waals surface area contributed by atoms with E-state index in [0.717, 1.165) is 24.8 Å². The Labute approximate surface area is 216 Å². The predicted octanol–water partition coefficient (Wildman–Crippen LogP) is 2.91. The van der Waals surface area contributed by atoms with E-state index in [1.54, 1.807) is 23.9 Å². The Morgan fingerprint density at radius 1 is 1.00 bits per heavy atom. The second-order valence-corrected chi connectivity index (χ2v) is 11.8. The van der Waals surface area contributed by atoms with Crippen LogP contribution in [0.4, 0.5) is 0 Å². The number of sulfone groups is 1. The Morgan fingerprint density at radius 3 is 2.14 bits per heavy atom. The molecule has 1 fully saturated rings. The molecule has 0 aliphatic heterocycles. The highest BCUT2D eigenvalue weighted by Gasteiger charge is 2.37. The Morgan fingerprint density at radius 2 is 1.62 bits per heavy atom. The molecule has 13 heteroatoms. The molecule has 0 aromatic carbocycles. The number of hydrogen-bond donors (Lipinski definition) is 0. The fraction of sp³-hybridized carbons (Fsp3) is 0.583. The van der Waals surface area contributed by atoms with Gasteiger partial charge in [0.05, 0.1) is 25.6 Å². The molecule has 3 aromatic rings. The fourth-order valence-electron chi connectivity index (χ4n) is 4.16. The van der Waals surface area contributed by atoms with Crippen LogP contribution in [0.15, 0.2) is 18.7 Å². The van der Waals surface area contributed by atoms with Gasteiger partial charge in [0.1, 0.15) is 24.0 Å². The first-order valence-electron chi connectivity index (χ1n) is 12.2. The van der Waals surface area contributed by atoms with Crippen LogP contribution >= 0.6 is 0 Å². The Kier molecular flexibility index (Phi) is 8.02. The third-order valence-electron chi connectivity index (χ3n) is 6.39. The summed E-state index contributed by atoms with van der Waals surface area (Å²) in [4.78, 5) is 17.1. The second kappa shape index (κ2) is 11.1. The van der Waals surface area contributed by atoms with Crippen molar-refractivity contribution in [2.75, 3.05) is 14.2 Å². The molecule has 1 aliphatic carbocycles. The van der Waals surface area contributed by atoms with Gasteiger partial charge in [0.15, 0.2) is 27.2 Å².